The molecule has 1 spiro atoms. The van der Waals surface area contributed by atoms with E-state index in [1.165, 1.54) is 4.90 Å². The minimum Gasteiger partial charge on any atom is -0.487 e. The Kier molecular flexibility index (Phi) is 3.55. The van der Waals surface area contributed by atoms with Gasteiger partial charge in [0.15, 0.2) is 0 Å². The average molecular weight is 290 g/mol. The largest absolute Gasteiger partial charge is 0.487 e. The first-order valence-electron chi connectivity index (χ1n) is 7.05. The highest BCUT2D eigenvalue weighted by atomic mass is 16.5. The van der Waals surface area contributed by atoms with Crippen LogP contribution in [-0.4, -0.2) is 51.0 Å². The molecule has 1 amide bonds. The number of aliphatic hydroxyl groups is 1. The SMILES string of the molecule is O=C(O)N1CCC2(CC1)CC(O)C=C(c1cccnc1)O2. The van der Waals surface area contributed by atoms with E-state index in [2.05, 4.69) is 4.98 Å². The number of amides is 1. The van der Waals surface area contributed by atoms with Gasteiger partial charge in [-0.2, -0.15) is 0 Å². The predicted molar refractivity (Wildman–Crippen MR) is 75.5 cm³/mol. The van der Waals surface area contributed by atoms with Crippen molar-refractivity contribution in [3.8, 4) is 0 Å². The Hall–Kier alpha value is -2.08. The van der Waals surface area contributed by atoms with E-state index in [0.717, 1.165) is 5.56 Å². The van der Waals surface area contributed by atoms with Gasteiger partial charge in [-0.05, 0) is 18.2 Å². The van der Waals surface area contributed by atoms with Crippen molar-refractivity contribution in [1.82, 2.24) is 9.88 Å². The molecule has 2 aliphatic heterocycles. The van der Waals surface area contributed by atoms with Crippen molar-refractivity contribution in [2.45, 2.75) is 31.0 Å². The quantitative estimate of drug-likeness (QED) is 0.823. The third-order valence-electron chi connectivity index (χ3n) is 4.14. The minimum absolute atomic E-state index is 0.433. The number of carbonyl (C=O) groups is 1. The standard InChI is InChI=1S/C15H18N2O4/c18-12-8-13(11-2-1-5-16-10-11)21-15(9-12)3-6-17(7-4-15)14(19)20/h1-2,5,8,10,12,18H,3-4,6-7,9H2,(H,19,20). The van der Waals surface area contributed by atoms with Crippen LogP contribution in [0.15, 0.2) is 30.6 Å². The number of hydrogen-bond donors (Lipinski definition) is 2. The molecule has 0 aliphatic carbocycles. The topological polar surface area (TPSA) is 82.9 Å². The highest BCUT2D eigenvalue weighted by molar-refractivity contribution is 5.65. The van der Waals surface area contributed by atoms with Crippen LogP contribution in [0.3, 0.4) is 0 Å². The molecular formula is C15H18N2O4. The molecule has 21 heavy (non-hydrogen) atoms. The molecule has 0 radical (unpaired) electrons. The summed E-state index contributed by atoms with van der Waals surface area (Å²) >= 11 is 0. The van der Waals surface area contributed by atoms with Gasteiger partial charge in [-0.25, -0.2) is 4.79 Å². The number of likely N-dealkylation sites (tertiary alicyclic amines) is 1. The molecule has 0 bridgehead atoms. The van der Waals surface area contributed by atoms with Gasteiger partial charge in [-0.3, -0.25) is 4.98 Å². The van der Waals surface area contributed by atoms with Gasteiger partial charge in [-0.1, -0.05) is 0 Å². The number of aliphatic hydroxyl groups excluding tert-OH is 1. The maximum Gasteiger partial charge on any atom is 0.407 e. The lowest BCUT2D eigenvalue weighted by Crippen LogP contribution is -2.50. The van der Waals surface area contributed by atoms with Gasteiger partial charge >= 0.3 is 6.09 Å². The summed E-state index contributed by atoms with van der Waals surface area (Å²) in [6, 6.07) is 3.71. The van der Waals surface area contributed by atoms with Crippen molar-refractivity contribution in [3.63, 3.8) is 0 Å². The first-order valence-corrected chi connectivity index (χ1v) is 7.05. The van der Waals surface area contributed by atoms with E-state index < -0.39 is 17.8 Å². The first kappa shape index (κ1) is 13.9. The Morgan fingerprint density at radius 2 is 2.19 bits per heavy atom. The Bertz CT molecular complexity index is 550. The van der Waals surface area contributed by atoms with Crippen LogP contribution in [-0.2, 0) is 4.74 Å². The fourth-order valence-electron chi connectivity index (χ4n) is 3.00. The normalized spacial score (nSPS) is 24.3. The van der Waals surface area contributed by atoms with Gasteiger partial charge in [0.05, 0.1) is 6.10 Å². The molecule has 1 atom stereocenters. The van der Waals surface area contributed by atoms with E-state index in [0.29, 0.717) is 38.1 Å². The maximum atomic E-state index is 11.0. The van der Waals surface area contributed by atoms with Crippen LogP contribution >= 0.6 is 0 Å². The van der Waals surface area contributed by atoms with Crippen LogP contribution in [0.25, 0.3) is 5.76 Å². The maximum absolute atomic E-state index is 11.0. The molecule has 1 saturated heterocycles. The Morgan fingerprint density at radius 1 is 1.43 bits per heavy atom. The number of pyridine rings is 1. The lowest BCUT2D eigenvalue weighted by molar-refractivity contribution is -0.0534. The monoisotopic (exact) mass is 290 g/mol. The summed E-state index contributed by atoms with van der Waals surface area (Å²) in [6.45, 7) is 0.866. The second kappa shape index (κ2) is 5.37. The van der Waals surface area contributed by atoms with Crippen molar-refractivity contribution < 1.29 is 19.7 Å². The van der Waals surface area contributed by atoms with E-state index in [-0.39, 0.29) is 0 Å². The number of nitrogens with zero attached hydrogens (tertiary/aromatic N) is 2. The third kappa shape index (κ3) is 2.85. The summed E-state index contributed by atoms with van der Waals surface area (Å²) in [5.41, 5.74) is 0.349. The molecule has 3 heterocycles. The van der Waals surface area contributed by atoms with Crippen molar-refractivity contribution in [3.05, 3.63) is 36.2 Å². The smallest absolute Gasteiger partial charge is 0.407 e. The number of aromatic nitrogens is 1. The van der Waals surface area contributed by atoms with E-state index >= 15 is 0 Å². The van der Waals surface area contributed by atoms with E-state index in [1.807, 2.05) is 12.1 Å². The van der Waals surface area contributed by atoms with Crippen molar-refractivity contribution in [2.75, 3.05) is 13.1 Å². The number of hydrogen-bond acceptors (Lipinski definition) is 4. The molecular weight excluding hydrogens is 272 g/mol. The predicted octanol–water partition coefficient (Wildman–Crippen LogP) is 1.72. The zero-order chi connectivity index (χ0) is 14.9. The van der Waals surface area contributed by atoms with Crippen LogP contribution in [0.1, 0.15) is 24.8 Å². The second-order valence-corrected chi connectivity index (χ2v) is 5.60. The zero-order valence-corrected chi connectivity index (χ0v) is 11.6. The van der Waals surface area contributed by atoms with Crippen LogP contribution < -0.4 is 0 Å². The summed E-state index contributed by atoms with van der Waals surface area (Å²) < 4.78 is 6.14. The summed E-state index contributed by atoms with van der Waals surface area (Å²) in [7, 11) is 0. The highest BCUT2D eigenvalue weighted by Crippen LogP contribution is 2.39. The first-order chi connectivity index (χ1) is 10.1. The van der Waals surface area contributed by atoms with Gasteiger partial charge in [0.25, 0.3) is 0 Å². The van der Waals surface area contributed by atoms with Crippen LogP contribution in [0.2, 0.25) is 0 Å². The Balaban J connectivity index is 1.78. The number of carboxylic acid groups (broad SMARTS) is 1. The Labute approximate surface area is 122 Å². The number of rotatable bonds is 1. The summed E-state index contributed by atoms with van der Waals surface area (Å²) in [5.74, 6) is 0.630. The molecule has 0 saturated carbocycles. The van der Waals surface area contributed by atoms with Crippen LogP contribution in [0.5, 0.6) is 0 Å². The molecule has 2 N–H and O–H groups in total. The molecule has 112 valence electrons. The average Bonchev–Trinajstić information content (AvgIpc) is 2.48. The van der Waals surface area contributed by atoms with Gasteiger partial charge in [0.2, 0.25) is 0 Å². The molecule has 1 aromatic heterocycles. The molecule has 1 fully saturated rings. The van der Waals surface area contributed by atoms with E-state index in [9.17, 15) is 9.90 Å². The second-order valence-electron chi connectivity index (χ2n) is 5.60. The summed E-state index contributed by atoms with van der Waals surface area (Å²) in [5, 5.41) is 19.1. The van der Waals surface area contributed by atoms with E-state index in [1.54, 1.807) is 18.5 Å². The molecule has 2 aliphatic rings. The fraction of sp³-hybridized carbons (Fsp3) is 0.467. The van der Waals surface area contributed by atoms with Crippen molar-refractivity contribution in [1.29, 1.82) is 0 Å². The molecule has 1 unspecified atom stereocenters. The van der Waals surface area contributed by atoms with Gasteiger partial charge < -0.3 is 19.8 Å². The van der Waals surface area contributed by atoms with Crippen molar-refractivity contribution >= 4 is 11.9 Å². The fourth-order valence-corrected chi connectivity index (χ4v) is 3.00. The highest BCUT2D eigenvalue weighted by Gasteiger charge is 2.42. The molecule has 1 aromatic rings. The lowest BCUT2D eigenvalue weighted by Gasteiger charge is -2.44. The van der Waals surface area contributed by atoms with Crippen molar-refractivity contribution in [2.24, 2.45) is 0 Å². The van der Waals surface area contributed by atoms with Crippen LogP contribution in [0, 0.1) is 0 Å². The van der Waals surface area contributed by atoms with Crippen LogP contribution in [0.4, 0.5) is 4.79 Å². The third-order valence-corrected chi connectivity index (χ3v) is 4.14. The molecule has 6 nitrogen and oxygen atoms in total. The summed E-state index contributed by atoms with van der Waals surface area (Å²) in [6.07, 6.45) is 5.29. The molecule has 0 aromatic carbocycles. The minimum atomic E-state index is -0.899. The van der Waals surface area contributed by atoms with E-state index in [4.69, 9.17) is 9.84 Å². The zero-order valence-electron chi connectivity index (χ0n) is 11.6. The summed E-state index contributed by atoms with van der Waals surface area (Å²) in [4.78, 5) is 16.4. The molecule has 3 rings (SSSR count). The Morgan fingerprint density at radius 3 is 2.81 bits per heavy atom. The lowest BCUT2D eigenvalue weighted by atomic mass is 9.83. The number of piperidine rings is 1. The van der Waals surface area contributed by atoms with Gasteiger partial charge in [0, 0.05) is 50.3 Å². The van der Waals surface area contributed by atoms with Gasteiger partial charge in [0.1, 0.15) is 11.4 Å². The van der Waals surface area contributed by atoms with Gasteiger partial charge in [-0.15, -0.1) is 0 Å². The molecule has 6 heteroatoms. The number of ether oxygens (including phenoxy) is 1.